The minimum Gasteiger partial charge on any atom is -0.462 e. The van der Waals surface area contributed by atoms with Crippen molar-refractivity contribution in [3.8, 4) is 0 Å². The molecule has 1 aliphatic rings. The van der Waals surface area contributed by atoms with Crippen molar-refractivity contribution in [1.29, 1.82) is 0 Å². The first-order valence-corrected chi connectivity index (χ1v) is 3.89. The van der Waals surface area contributed by atoms with Gasteiger partial charge in [-0.25, -0.2) is 0 Å². The molecule has 3 heteroatoms. The number of nitrogens with one attached hydrogen (secondary N) is 1. The third-order valence-corrected chi connectivity index (χ3v) is 1.77. The topological polar surface area (TPSA) is 37.5 Å². The van der Waals surface area contributed by atoms with Crippen molar-refractivity contribution in [3.05, 3.63) is 29.9 Å². The number of furan rings is 1. The lowest BCUT2D eigenvalue weighted by atomic mass is 10.1. The van der Waals surface area contributed by atoms with Gasteiger partial charge in [0.1, 0.15) is 11.5 Å². The minimum atomic E-state index is 0.833. The quantitative estimate of drug-likeness (QED) is 0.684. The van der Waals surface area contributed by atoms with E-state index < -0.39 is 0 Å². The van der Waals surface area contributed by atoms with E-state index in [1.807, 2.05) is 31.5 Å². The van der Waals surface area contributed by atoms with Gasteiger partial charge in [-0.05, 0) is 19.1 Å². The molecule has 0 radical (unpaired) electrons. The van der Waals surface area contributed by atoms with Crippen molar-refractivity contribution < 1.29 is 4.42 Å². The molecule has 0 fully saturated rings. The highest BCUT2D eigenvalue weighted by atomic mass is 16.3. The summed E-state index contributed by atoms with van der Waals surface area (Å²) in [7, 11) is 0. The number of hydrazone groups is 1. The second-order valence-corrected chi connectivity index (χ2v) is 2.72. The van der Waals surface area contributed by atoms with Gasteiger partial charge in [-0.3, -0.25) is 5.43 Å². The van der Waals surface area contributed by atoms with E-state index in [-0.39, 0.29) is 0 Å². The first-order chi connectivity index (χ1) is 5.86. The maximum Gasteiger partial charge on any atom is 0.132 e. The third kappa shape index (κ3) is 1.25. The van der Waals surface area contributed by atoms with Gasteiger partial charge in [0.2, 0.25) is 0 Å². The molecule has 3 nitrogen and oxygen atoms in total. The van der Waals surface area contributed by atoms with Crippen molar-refractivity contribution in [2.45, 2.75) is 13.3 Å². The number of nitrogens with zero attached hydrogens (tertiary/aromatic N) is 1. The fraction of sp³-hybridized carbons (Fsp3) is 0.222. The summed E-state index contributed by atoms with van der Waals surface area (Å²) in [4.78, 5) is 0. The predicted octanol–water partition coefficient (Wildman–Crippen LogP) is 1.91. The molecule has 12 heavy (non-hydrogen) atoms. The molecule has 1 aromatic rings. The maximum atomic E-state index is 5.45. The predicted molar refractivity (Wildman–Crippen MR) is 47.7 cm³/mol. The van der Waals surface area contributed by atoms with Crippen LogP contribution < -0.4 is 5.43 Å². The Labute approximate surface area is 70.8 Å². The van der Waals surface area contributed by atoms with Gasteiger partial charge in [-0.2, -0.15) is 5.10 Å². The standard InChI is InChI=1S/C9H10N2O/c1-7-2-3-9(12-7)8-4-5-10-11-6-8/h2-3,5-6,11H,4H2,1H3. The molecule has 0 unspecified atom stereocenters. The molecular formula is C9H10N2O. The van der Waals surface area contributed by atoms with Crippen molar-refractivity contribution in [1.82, 2.24) is 5.43 Å². The van der Waals surface area contributed by atoms with E-state index in [9.17, 15) is 0 Å². The van der Waals surface area contributed by atoms with Crippen LogP contribution in [0.3, 0.4) is 0 Å². The van der Waals surface area contributed by atoms with E-state index in [0.717, 1.165) is 23.5 Å². The van der Waals surface area contributed by atoms with Gasteiger partial charge >= 0.3 is 0 Å². The van der Waals surface area contributed by atoms with Gasteiger partial charge in [0, 0.05) is 24.4 Å². The molecule has 0 amide bonds. The second kappa shape index (κ2) is 2.85. The van der Waals surface area contributed by atoms with E-state index in [1.165, 1.54) is 0 Å². The van der Waals surface area contributed by atoms with Crippen molar-refractivity contribution >= 4 is 11.8 Å². The molecule has 1 N–H and O–H groups in total. The van der Waals surface area contributed by atoms with Crippen LogP contribution in [-0.2, 0) is 0 Å². The molecule has 1 aromatic heterocycles. The average molecular weight is 162 g/mol. The summed E-state index contributed by atoms with van der Waals surface area (Å²) < 4.78 is 5.45. The van der Waals surface area contributed by atoms with Crippen molar-refractivity contribution in [2.75, 3.05) is 0 Å². The Morgan fingerprint density at radius 1 is 1.50 bits per heavy atom. The van der Waals surface area contributed by atoms with E-state index in [4.69, 9.17) is 4.42 Å². The Morgan fingerprint density at radius 3 is 3.00 bits per heavy atom. The van der Waals surface area contributed by atoms with Gasteiger partial charge < -0.3 is 4.42 Å². The van der Waals surface area contributed by atoms with E-state index in [1.54, 1.807) is 0 Å². The normalized spacial score (nSPS) is 15.6. The van der Waals surface area contributed by atoms with Crippen molar-refractivity contribution in [3.63, 3.8) is 0 Å². The zero-order chi connectivity index (χ0) is 8.39. The van der Waals surface area contributed by atoms with Gasteiger partial charge in [-0.1, -0.05) is 0 Å². The number of hydrogen-bond acceptors (Lipinski definition) is 3. The Morgan fingerprint density at radius 2 is 2.42 bits per heavy atom. The Bertz CT molecular complexity index is 336. The van der Waals surface area contributed by atoms with Gasteiger partial charge in [0.25, 0.3) is 0 Å². The van der Waals surface area contributed by atoms with Gasteiger partial charge in [0.05, 0.1) is 0 Å². The second-order valence-electron chi connectivity index (χ2n) is 2.72. The van der Waals surface area contributed by atoms with Crippen LogP contribution in [-0.4, -0.2) is 6.21 Å². The summed E-state index contributed by atoms with van der Waals surface area (Å²) >= 11 is 0. The zero-order valence-electron chi connectivity index (χ0n) is 6.87. The van der Waals surface area contributed by atoms with Crippen LogP contribution in [0.1, 0.15) is 17.9 Å². The van der Waals surface area contributed by atoms with Crippen molar-refractivity contribution in [2.24, 2.45) is 5.10 Å². The van der Waals surface area contributed by atoms with E-state index in [0.29, 0.717) is 0 Å². The Hall–Kier alpha value is -1.51. The zero-order valence-corrected chi connectivity index (χ0v) is 6.87. The molecule has 0 saturated carbocycles. The molecule has 0 atom stereocenters. The summed E-state index contributed by atoms with van der Waals surface area (Å²) in [5, 5.41) is 3.87. The lowest BCUT2D eigenvalue weighted by Crippen LogP contribution is -2.02. The van der Waals surface area contributed by atoms with Crippen LogP contribution in [0.4, 0.5) is 0 Å². The van der Waals surface area contributed by atoms with Crippen LogP contribution in [0, 0.1) is 6.92 Å². The smallest absolute Gasteiger partial charge is 0.132 e. The summed E-state index contributed by atoms with van der Waals surface area (Å²) in [6, 6.07) is 3.93. The van der Waals surface area contributed by atoms with Crippen LogP contribution in [0.15, 0.2) is 27.9 Å². The molecule has 0 saturated heterocycles. The lowest BCUT2D eigenvalue weighted by Gasteiger charge is -2.04. The third-order valence-electron chi connectivity index (χ3n) is 1.77. The minimum absolute atomic E-state index is 0.833. The molecule has 0 aliphatic carbocycles. The number of rotatable bonds is 1. The molecule has 0 spiro atoms. The number of allylic oxidation sites excluding steroid dienone is 1. The van der Waals surface area contributed by atoms with Gasteiger partial charge in [0.15, 0.2) is 0 Å². The number of aryl methyl sites for hydroxylation is 1. The van der Waals surface area contributed by atoms with Crippen LogP contribution in [0.2, 0.25) is 0 Å². The SMILES string of the molecule is Cc1ccc(C2=CNN=CC2)o1. The highest BCUT2D eigenvalue weighted by molar-refractivity contribution is 5.78. The number of hydrogen-bond donors (Lipinski definition) is 1. The summed E-state index contributed by atoms with van der Waals surface area (Å²) in [5.41, 5.74) is 3.93. The highest BCUT2D eigenvalue weighted by Crippen LogP contribution is 2.20. The average Bonchev–Trinajstić information content (AvgIpc) is 2.54. The van der Waals surface area contributed by atoms with E-state index >= 15 is 0 Å². The molecular weight excluding hydrogens is 152 g/mol. The first kappa shape index (κ1) is 7.16. The molecule has 0 bridgehead atoms. The van der Waals surface area contributed by atoms with Crippen LogP contribution in [0.5, 0.6) is 0 Å². The van der Waals surface area contributed by atoms with Crippen LogP contribution >= 0.6 is 0 Å². The molecule has 62 valence electrons. The monoisotopic (exact) mass is 162 g/mol. The fourth-order valence-corrected chi connectivity index (χ4v) is 1.15. The fourth-order valence-electron chi connectivity index (χ4n) is 1.15. The largest absolute Gasteiger partial charge is 0.462 e. The Balaban J connectivity index is 2.25. The molecule has 2 heterocycles. The highest BCUT2D eigenvalue weighted by Gasteiger charge is 2.06. The summed E-state index contributed by atoms with van der Waals surface area (Å²) in [5.74, 6) is 1.86. The van der Waals surface area contributed by atoms with Gasteiger partial charge in [-0.15, -0.1) is 0 Å². The lowest BCUT2D eigenvalue weighted by molar-refractivity contribution is 0.520. The van der Waals surface area contributed by atoms with Crippen LogP contribution in [0.25, 0.3) is 5.57 Å². The molecule has 0 aromatic carbocycles. The Kier molecular flexibility index (Phi) is 1.70. The maximum absolute atomic E-state index is 5.45. The first-order valence-electron chi connectivity index (χ1n) is 3.89. The summed E-state index contributed by atoms with van der Waals surface area (Å²) in [6.45, 7) is 1.94. The summed E-state index contributed by atoms with van der Waals surface area (Å²) in [6.07, 6.45) is 4.52. The van der Waals surface area contributed by atoms with E-state index in [2.05, 4.69) is 10.5 Å². The molecule has 1 aliphatic heterocycles. The molecule has 2 rings (SSSR count).